The van der Waals surface area contributed by atoms with Crippen molar-refractivity contribution >= 4 is 11.6 Å². The summed E-state index contributed by atoms with van der Waals surface area (Å²) in [6.07, 6.45) is 8.49. The van der Waals surface area contributed by atoms with Gasteiger partial charge in [-0.15, -0.1) is 0 Å². The molecule has 1 aromatic carbocycles. The van der Waals surface area contributed by atoms with Gasteiger partial charge in [-0.3, -0.25) is 0 Å². The lowest BCUT2D eigenvalue weighted by Crippen LogP contribution is -2.36. The van der Waals surface area contributed by atoms with Crippen LogP contribution >= 0.6 is 11.6 Å². The molecular weight excluding hydrogens is 254 g/mol. The van der Waals surface area contributed by atoms with Crippen LogP contribution in [0.15, 0.2) is 24.3 Å². The van der Waals surface area contributed by atoms with Crippen LogP contribution in [0.4, 0.5) is 0 Å². The zero-order chi connectivity index (χ0) is 13.1. The molecule has 0 atom stereocenters. The summed E-state index contributed by atoms with van der Waals surface area (Å²) in [5.74, 6) is 1.74. The van der Waals surface area contributed by atoms with Crippen molar-refractivity contribution in [1.29, 1.82) is 0 Å². The predicted octanol–water partition coefficient (Wildman–Crippen LogP) is 4.71. The molecule has 3 rings (SSSR count). The second-order valence-electron chi connectivity index (χ2n) is 6.28. The first-order valence-electron chi connectivity index (χ1n) is 7.79. The Hall–Kier alpha value is -0.530. The van der Waals surface area contributed by atoms with Crippen LogP contribution in [0, 0.1) is 5.92 Å². The highest BCUT2D eigenvalue weighted by Crippen LogP contribution is 2.31. The van der Waals surface area contributed by atoms with Gasteiger partial charge in [-0.1, -0.05) is 36.6 Å². The van der Waals surface area contributed by atoms with Crippen molar-refractivity contribution in [2.24, 2.45) is 5.92 Å². The molecular formula is C17H24ClN. The largest absolute Gasteiger partial charge is 0.303 e. The standard InChI is InChI=1S/C17H24ClN/c18-17-7-5-15(6-8-17)16-9-11-19(12-10-16)13-14-3-1-2-4-14/h5-8,14,16H,1-4,9-13H2. The Bertz CT molecular complexity index is 386. The fourth-order valence-electron chi connectivity index (χ4n) is 3.74. The molecule has 0 aromatic heterocycles. The SMILES string of the molecule is Clc1ccc(C2CCN(CC3CCCC3)CC2)cc1. The van der Waals surface area contributed by atoms with E-state index in [1.807, 2.05) is 12.1 Å². The van der Waals surface area contributed by atoms with E-state index in [-0.39, 0.29) is 0 Å². The van der Waals surface area contributed by atoms with Crippen molar-refractivity contribution in [2.75, 3.05) is 19.6 Å². The Morgan fingerprint density at radius 1 is 0.947 bits per heavy atom. The average molecular weight is 278 g/mol. The maximum Gasteiger partial charge on any atom is 0.0406 e. The summed E-state index contributed by atoms with van der Waals surface area (Å²) in [4.78, 5) is 2.70. The van der Waals surface area contributed by atoms with E-state index in [0.29, 0.717) is 0 Å². The van der Waals surface area contributed by atoms with Crippen LogP contribution in [0.2, 0.25) is 5.02 Å². The Labute approximate surface area is 121 Å². The normalized spacial score (nSPS) is 23.0. The summed E-state index contributed by atoms with van der Waals surface area (Å²) in [5.41, 5.74) is 1.48. The molecule has 2 heteroatoms. The van der Waals surface area contributed by atoms with Crippen LogP contribution < -0.4 is 0 Å². The van der Waals surface area contributed by atoms with Gasteiger partial charge < -0.3 is 4.90 Å². The third-order valence-electron chi connectivity index (χ3n) is 4.92. The van der Waals surface area contributed by atoms with Gasteiger partial charge in [0.2, 0.25) is 0 Å². The zero-order valence-electron chi connectivity index (χ0n) is 11.7. The lowest BCUT2D eigenvalue weighted by atomic mass is 9.89. The number of nitrogens with zero attached hydrogens (tertiary/aromatic N) is 1. The lowest BCUT2D eigenvalue weighted by Gasteiger charge is -2.33. The highest BCUT2D eigenvalue weighted by molar-refractivity contribution is 6.30. The third-order valence-corrected chi connectivity index (χ3v) is 5.17. The Morgan fingerprint density at radius 2 is 1.58 bits per heavy atom. The van der Waals surface area contributed by atoms with E-state index in [2.05, 4.69) is 17.0 Å². The van der Waals surface area contributed by atoms with Crippen LogP contribution in [0.25, 0.3) is 0 Å². The summed E-state index contributed by atoms with van der Waals surface area (Å²) in [7, 11) is 0. The van der Waals surface area contributed by atoms with E-state index in [1.54, 1.807) is 0 Å². The van der Waals surface area contributed by atoms with Gasteiger partial charge in [0.05, 0.1) is 0 Å². The Kier molecular flexibility index (Phi) is 4.45. The minimum atomic E-state index is 0.747. The summed E-state index contributed by atoms with van der Waals surface area (Å²) >= 11 is 5.96. The maximum atomic E-state index is 5.96. The topological polar surface area (TPSA) is 3.24 Å². The number of benzene rings is 1. The van der Waals surface area contributed by atoms with Gasteiger partial charge in [0.1, 0.15) is 0 Å². The van der Waals surface area contributed by atoms with Gasteiger partial charge in [0.15, 0.2) is 0 Å². The minimum absolute atomic E-state index is 0.747. The number of rotatable bonds is 3. The highest BCUT2D eigenvalue weighted by Gasteiger charge is 2.24. The molecule has 104 valence electrons. The smallest absolute Gasteiger partial charge is 0.0406 e. The molecule has 1 aromatic rings. The summed E-state index contributed by atoms with van der Waals surface area (Å²) in [6, 6.07) is 8.48. The molecule has 0 radical (unpaired) electrons. The Morgan fingerprint density at radius 3 is 2.21 bits per heavy atom. The van der Waals surface area contributed by atoms with E-state index < -0.39 is 0 Å². The quantitative estimate of drug-likeness (QED) is 0.773. The summed E-state index contributed by atoms with van der Waals surface area (Å²) in [5, 5.41) is 0.849. The molecule has 2 aliphatic rings. The van der Waals surface area contributed by atoms with Gasteiger partial charge in [-0.2, -0.15) is 0 Å². The van der Waals surface area contributed by atoms with Crippen LogP contribution in [0.1, 0.15) is 50.0 Å². The Balaban J connectivity index is 1.50. The van der Waals surface area contributed by atoms with Crippen LogP contribution in [-0.2, 0) is 0 Å². The number of hydrogen-bond acceptors (Lipinski definition) is 1. The van der Waals surface area contributed by atoms with E-state index in [1.165, 1.54) is 63.7 Å². The van der Waals surface area contributed by atoms with Crippen molar-refractivity contribution in [3.8, 4) is 0 Å². The van der Waals surface area contributed by atoms with Gasteiger partial charge in [-0.05, 0) is 68.3 Å². The second kappa shape index (κ2) is 6.28. The van der Waals surface area contributed by atoms with Gasteiger partial charge in [-0.25, -0.2) is 0 Å². The van der Waals surface area contributed by atoms with E-state index >= 15 is 0 Å². The van der Waals surface area contributed by atoms with Gasteiger partial charge >= 0.3 is 0 Å². The fourth-order valence-corrected chi connectivity index (χ4v) is 3.87. The molecule has 0 spiro atoms. The molecule has 1 aliphatic heterocycles. The van der Waals surface area contributed by atoms with E-state index in [0.717, 1.165) is 16.9 Å². The second-order valence-corrected chi connectivity index (χ2v) is 6.71. The summed E-state index contributed by atoms with van der Waals surface area (Å²) in [6.45, 7) is 3.92. The molecule has 1 nitrogen and oxygen atoms in total. The average Bonchev–Trinajstić information content (AvgIpc) is 2.94. The first-order valence-corrected chi connectivity index (χ1v) is 8.17. The van der Waals surface area contributed by atoms with Crippen LogP contribution in [0.3, 0.4) is 0 Å². The molecule has 0 N–H and O–H groups in total. The van der Waals surface area contributed by atoms with Gasteiger partial charge in [0, 0.05) is 11.6 Å². The lowest BCUT2D eigenvalue weighted by molar-refractivity contribution is 0.183. The molecule has 0 amide bonds. The van der Waals surface area contributed by atoms with E-state index in [9.17, 15) is 0 Å². The molecule has 2 fully saturated rings. The summed E-state index contributed by atoms with van der Waals surface area (Å²) < 4.78 is 0. The van der Waals surface area contributed by atoms with Crippen molar-refractivity contribution in [1.82, 2.24) is 4.90 Å². The number of halogens is 1. The van der Waals surface area contributed by atoms with Crippen LogP contribution in [-0.4, -0.2) is 24.5 Å². The van der Waals surface area contributed by atoms with Crippen molar-refractivity contribution < 1.29 is 0 Å². The van der Waals surface area contributed by atoms with Crippen molar-refractivity contribution in [3.05, 3.63) is 34.9 Å². The molecule has 0 unspecified atom stereocenters. The first-order chi connectivity index (χ1) is 9.31. The number of piperidine rings is 1. The highest BCUT2D eigenvalue weighted by atomic mass is 35.5. The number of hydrogen-bond donors (Lipinski definition) is 0. The first kappa shape index (κ1) is 13.5. The predicted molar refractivity (Wildman–Crippen MR) is 81.8 cm³/mol. The molecule has 1 saturated heterocycles. The number of likely N-dealkylation sites (tertiary alicyclic amines) is 1. The minimum Gasteiger partial charge on any atom is -0.303 e. The zero-order valence-corrected chi connectivity index (χ0v) is 12.4. The third kappa shape index (κ3) is 3.52. The molecule has 1 heterocycles. The van der Waals surface area contributed by atoms with Gasteiger partial charge in [0.25, 0.3) is 0 Å². The van der Waals surface area contributed by atoms with Crippen molar-refractivity contribution in [3.63, 3.8) is 0 Å². The molecule has 0 bridgehead atoms. The maximum absolute atomic E-state index is 5.96. The monoisotopic (exact) mass is 277 g/mol. The van der Waals surface area contributed by atoms with E-state index in [4.69, 9.17) is 11.6 Å². The fraction of sp³-hybridized carbons (Fsp3) is 0.647. The molecule has 1 saturated carbocycles. The van der Waals surface area contributed by atoms with Crippen LogP contribution in [0.5, 0.6) is 0 Å². The molecule has 1 aliphatic carbocycles. The van der Waals surface area contributed by atoms with Crippen molar-refractivity contribution in [2.45, 2.75) is 44.4 Å². The molecule has 19 heavy (non-hydrogen) atoms.